The molecule has 5 nitrogen and oxygen atoms in total. The predicted molar refractivity (Wildman–Crippen MR) is 128 cm³/mol. The minimum atomic E-state index is 0. The number of guanidine groups is 1. The van der Waals surface area contributed by atoms with Crippen molar-refractivity contribution in [3.63, 3.8) is 0 Å². The standard InChI is InChI=1S/C20H29N5S.HI/c1-21-20(23-16-18-8-15-26-17-18)22-9-5-10-24-11-13-25(14-12-24)19-6-3-2-4-7-19;/h2-4,6-8,15,17H,5,9-14,16H2,1H3,(H2,21,22,23);1H. The smallest absolute Gasteiger partial charge is 0.191 e. The summed E-state index contributed by atoms with van der Waals surface area (Å²) in [5.74, 6) is 0.880. The fourth-order valence-electron chi connectivity index (χ4n) is 3.18. The van der Waals surface area contributed by atoms with E-state index in [1.807, 2.05) is 7.05 Å². The minimum absolute atomic E-state index is 0. The van der Waals surface area contributed by atoms with Gasteiger partial charge in [0.1, 0.15) is 0 Å². The van der Waals surface area contributed by atoms with Crippen LogP contribution in [0.15, 0.2) is 52.2 Å². The maximum absolute atomic E-state index is 4.29. The highest BCUT2D eigenvalue weighted by Crippen LogP contribution is 2.15. The maximum Gasteiger partial charge on any atom is 0.191 e. The Morgan fingerprint density at radius 3 is 2.52 bits per heavy atom. The Balaban J connectivity index is 0.00000261. The molecule has 2 heterocycles. The number of halogens is 1. The second-order valence-corrected chi connectivity index (χ2v) is 7.28. The van der Waals surface area contributed by atoms with Crippen molar-refractivity contribution in [2.24, 2.45) is 4.99 Å². The molecule has 0 aliphatic carbocycles. The molecule has 0 amide bonds. The number of piperazine rings is 1. The van der Waals surface area contributed by atoms with E-state index in [1.54, 1.807) is 11.3 Å². The van der Waals surface area contributed by atoms with Gasteiger partial charge in [-0.1, -0.05) is 18.2 Å². The molecule has 2 N–H and O–H groups in total. The third-order valence-corrected chi connectivity index (χ3v) is 5.43. The lowest BCUT2D eigenvalue weighted by atomic mass is 10.2. The van der Waals surface area contributed by atoms with E-state index in [4.69, 9.17) is 0 Å². The van der Waals surface area contributed by atoms with Gasteiger partial charge in [-0.15, -0.1) is 24.0 Å². The van der Waals surface area contributed by atoms with E-state index < -0.39 is 0 Å². The lowest BCUT2D eigenvalue weighted by molar-refractivity contribution is 0.255. The molecule has 27 heavy (non-hydrogen) atoms. The highest BCUT2D eigenvalue weighted by molar-refractivity contribution is 14.0. The predicted octanol–water partition coefficient (Wildman–Crippen LogP) is 3.24. The summed E-state index contributed by atoms with van der Waals surface area (Å²) in [6.07, 6.45) is 1.13. The molecule has 7 heteroatoms. The summed E-state index contributed by atoms with van der Waals surface area (Å²) in [5, 5.41) is 11.0. The van der Waals surface area contributed by atoms with Crippen molar-refractivity contribution in [1.29, 1.82) is 0 Å². The van der Waals surface area contributed by atoms with Crippen LogP contribution in [-0.2, 0) is 6.54 Å². The molecule has 0 unspecified atom stereocenters. The molecule has 1 aliphatic rings. The molecule has 148 valence electrons. The highest BCUT2D eigenvalue weighted by atomic mass is 127. The van der Waals surface area contributed by atoms with Crippen LogP contribution in [0.1, 0.15) is 12.0 Å². The van der Waals surface area contributed by atoms with Gasteiger partial charge in [0, 0.05) is 52.0 Å². The fourth-order valence-corrected chi connectivity index (χ4v) is 3.85. The van der Waals surface area contributed by atoms with E-state index >= 15 is 0 Å². The average molecular weight is 499 g/mol. The SMILES string of the molecule is CN=C(NCCCN1CCN(c2ccccc2)CC1)NCc1ccsc1.I. The van der Waals surface area contributed by atoms with Gasteiger partial charge in [0.05, 0.1) is 0 Å². The third-order valence-electron chi connectivity index (χ3n) is 4.70. The number of benzene rings is 1. The van der Waals surface area contributed by atoms with E-state index in [0.717, 1.165) is 58.2 Å². The first-order chi connectivity index (χ1) is 12.8. The van der Waals surface area contributed by atoms with E-state index in [1.165, 1.54) is 11.3 Å². The van der Waals surface area contributed by atoms with E-state index in [-0.39, 0.29) is 24.0 Å². The van der Waals surface area contributed by atoms with Crippen LogP contribution in [-0.4, -0.2) is 57.2 Å². The van der Waals surface area contributed by atoms with Gasteiger partial charge in [0.2, 0.25) is 0 Å². The Morgan fingerprint density at radius 1 is 1.07 bits per heavy atom. The van der Waals surface area contributed by atoms with Crippen molar-refractivity contribution in [2.75, 3.05) is 51.2 Å². The van der Waals surface area contributed by atoms with Crippen molar-refractivity contribution in [3.8, 4) is 0 Å². The second-order valence-electron chi connectivity index (χ2n) is 6.50. The minimum Gasteiger partial charge on any atom is -0.369 e. The number of anilines is 1. The summed E-state index contributed by atoms with van der Waals surface area (Å²) < 4.78 is 0. The van der Waals surface area contributed by atoms with E-state index in [9.17, 15) is 0 Å². The molecule has 1 aliphatic heterocycles. The maximum atomic E-state index is 4.29. The number of nitrogens with one attached hydrogen (secondary N) is 2. The van der Waals surface area contributed by atoms with E-state index in [2.05, 4.69) is 72.6 Å². The number of nitrogens with zero attached hydrogens (tertiary/aromatic N) is 3. The van der Waals surface area contributed by atoms with Crippen LogP contribution in [0.2, 0.25) is 0 Å². The monoisotopic (exact) mass is 499 g/mol. The Kier molecular flexibility index (Phi) is 9.93. The van der Waals surface area contributed by atoms with Crippen molar-refractivity contribution < 1.29 is 0 Å². The second kappa shape index (κ2) is 12.2. The highest BCUT2D eigenvalue weighted by Gasteiger charge is 2.16. The first-order valence-corrected chi connectivity index (χ1v) is 10.3. The molecule has 1 aromatic heterocycles. The fraction of sp³-hybridized carbons (Fsp3) is 0.450. The first-order valence-electron chi connectivity index (χ1n) is 9.33. The quantitative estimate of drug-likeness (QED) is 0.266. The number of hydrogen-bond donors (Lipinski definition) is 2. The number of hydrogen-bond acceptors (Lipinski definition) is 4. The Morgan fingerprint density at radius 2 is 1.85 bits per heavy atom. The molecule has 3 rings (SSSR count). The van der Waals surface area contributed by atoms with Crippen LogP contribution < -0.4 is 15.5 Å². The van der Waals surface area contributed by atoms with Gasteiger partial charge < -0.3 is 15.5 Å². The summed E-state index contributed by atoms with van der Waals surface area (Å²) >= 11 is 1.73. The van der Waals surface area contributed by atoms with Crippen LogP contribution >= 0.6 is 35.3 Å². The first kappa shape index (κ1) is 22.0. The van der Waals surface area contributed by atoms with Gasteiger partial charge in [-0.05, 0) is 47.5 Å². The summed E-state index contributed by atoms with van der Waals surface area (Å²) in [5.41, 5.74) is 2.64. The molecule has 2 aromatic rings. The summed E-state index contributed by atoms with van der Waals surface area (Å²) in [7, 11) is 1.83. The summed E-state index contributed by atoms with van der Waals surface area (Å²) in [6.45, 7) is 7.41. The van der Waals surface area contributed by atoms with Crippen molar-refractivity contribution in [2.45, 2.75) is 13.0 Å². The molecular weight excluding hydrogens is 469 g/mol. The Labute approximate surface area is 183 Å². The van der Waals surface area contributed by atoms with Crippen molar-refractivity contribution in [3.05, 3.63) is 52.7 Å². The van der Waals surface area contributed by atoms with Crippen LogP contribution in [0, 0.1) is 0 Å². The van der Waals surface area contributed by atoms with Crippen molar-refractivity contribution in [1.82, 2.24) is 15.5 Å². The molecule has 0 atom stereocenters. The molecule has 0 spiro atoms. The van der Waals surface area contributed by atoms with Crippen LogP contribution in [0.4, 0.5) is 5.69 Å². The zero-order chi connectivity index (χ0) is 18.0. The summed E-state index contributed by atoms with van der Waals surface area (Å²) in [6, 6.07) is 12.9. The zero-order valence-electron chi connectivity index (χ0n) is 15.9. The van der Waals surface area contributed by atoms with Crippen LogP contribution in [0.25, 0.3) is 0 Å². The molecule has 1 aromatic carbocycles. The topological polar surface area (TPSA) is 42.9 Å². The molecular formula is C20H30IN5S. The van der Waals surface area contributed by atoms with Gasteiger partial charge in [-0.3, -0.25) is 9.89 Å². The molecule has 1 fully saturated rings. The lowest BCUT2D eigenvalue weighted by Crippen LogP contribution is -2.47. The molecule has 0 radical (unpaired) electrons. The van der Waals surface area contributed by atoms with Gasteiger partial charge in [0.25, 0.3) is 0 Å². The number of para-hydroxylation sites is 1. The Bertz CT molecular complexity index is 654. The van der Waals surface area contributed by atoms with Gasteiger partial charge in [0.15, 0.2) is 5.96 Å². The normalized spacial score (nSPS) is 15.3. The van der Waals surface area contributed by atoms with Gasteiger partial charge >= 0.3 is 0 Å². The molecule has 0 bridgehead atoms. The number of aliphatic imine (C=N–C) groups is 1. The third kappa shape index (κ3) is 7.31. The number of rotatable bonds is 7. The molecule has 0 saturated carbocycles. The van der Waals surface area contributed by atoms with Gasteiger partial charge in [-0.2, -0.15) is 11.3 Å². The Hall–Kier alpha value is -1.32. The summed E-state index contributed by atoms with van der Waals surface area (Å²) in [4.78, 5) is 9.33. The molecule has 1 saturated heterocycles. The van der Waals surface area contributed by atoms with Crippen LogP contribution in [0.5, 0.6) is 0 Å². The van der Waals surface area contributed by atoms with Crippen molar-refractivity contribution >= 4 is 47.0 Å². The lowest BCUT2D eigenvalue weighted by Gasteiger charge is -2.36. The zero-order valence-corrected chi connectivity index (χ0v) is 19.1. The largest absolute Gasteiger partial charge is 0.369 e. The van der Waals surface area contributed by atoms with E-state index in [0.29, 0.717) is 0 Å². The number of thiophene rings is 1. The average Bonchev–Trinajstić information content (AvgIpc) is 3.22. The van der Waals surface area contributed by atoms with Crippen LogP contribution in [0.3, 0.4) is 0 Å². The van der Waals surface area contributed by atoms with Gasteiger partial charge in [-0.25, -0.2) is 0 Å².